The normalized spacial score (nSPS) is 11.1. The Balaban J connectivity index is 2.63. The van der Waals surface area contributed by atoms with Crippen molar-refractivity contribution in [3.63, 3.8) is 0 Å². The summed E-state index contributed by atoms with van der Waals surface area (Å²) in [5.41, 5.74) is 1.34. The molecule has 0 fully saturated rings. The lowest BCUT2D eigenvalue weighted by Crippen LogP contribution is -2.05. The van der Waals surface area contributed by atoms with Crippen LogP contribution >= 0.6 is 0 Å². The van der Waals surface area contributed by atoms with Crippen LogP contribution in [0.25, 0.3) is 11.0 Å². The molecule has 0 atom stereocenters. The van der Waals surface area contributed by atoms with Gasteiger partial charge in [-0.3, -0.25) is 0 Å². The zero-order valence-corrected chi connectivity index (χ0v) is 11.0. The van der Waals surface area contributed by atoms with Gasteiger partial charge in [0.05, 0.1) is 19.6 Å². The van der Waals surface area contributed by atoms with Gasteiger partial charge >= 0.3 is 5.63 Å². The molecule has 0 aliphatic carbocycles. The molecule has 0 saturated heterocycles. The molecule has 17 heavy (non-hydrogen) atoms. The molecule has 0 saturated carbocycles. The van der Waals surface area contributed by atoms with Crippen LogP contribution in [-0.4, -0.2) is 19.6 Å². The van der Waals surface area contributed by atoms with Gasteiger partial charge in [0.25, 0.3) is 0 Å². The molecule has 0 aliphatic heterocycles. The van der Waals surface area contributed by atoms with E-state index >= 15 is 0 Å². The zero-order valence-electron chi connectivity index (χ0n) is 10.1. The third-order valence-corrected chi connectivity index (χ3v) is 3.37. The third-order valence-electron chi connectivity index (χ3n) is 2.48. The molecule has 0 bridgehead atoms. The first-order valence-corrected chi connectivity index (χ1v) is 7.46. The smallest absolute Gasteiger partial charge is 0.336 e. The van der Waals surface area contributed by atoms with Crippen molar-refractivity contribution < 1.29 is 9.15 Å². The number of hydrogen-bond donors (Lipinski definition) is 0. The molecule has 1 aromatic carbocycles. The van der Waals surface area contributed by atoms with Gasteiger partial charge in [0.2, 0.25) is 0 Å². The van der Waals surface area contributed by atoms with Crippen molar-refractivity contribution in [2.24, 2.45) is 0 Å². The predicted molar refractivity (Wildman–Crippen MR) is 72.0 cm³/mol. The van der Waals surface area contributed by atoms with E-state index in [4.69, 9.17) is 9.15 Å². The first-order valence-electron chi connectivity index (χ1n) is 5.25. The first-order chi connectivity index (χ1) is 8.10. The number of methoxy groups -OCH3 is 1. The SMILES string of the molecule is COc1ccc2c(C[S+](C)C)cc(=O)oc2c1. The number of hydrogen-bond acceptors (Lipinski definition) is 3. The summed E-state index contributed by atoms with van der Waals surface area (Å²) < 4.78 is 10.3. The van der Waals surface area contributed by atoms with E-state index < -0.39 is 0 Å². The van der Waals surface area contributed by atoms with Crippen LogP contribution in [0, 0.1) is 0 Å². The van der Waals surface area contributed by atoms with E-state index in [1.165, 1.54) is 0 Å². The van der Waals surface area contributed by atoms with Crippen LogP contribution in [0.2, 0.25) is 0 Å². The Hall–Kier alpha value is -1.42. The highest BCUT2D eigenvalue weighted by Gasteiger charge is 2.12. The molecule has 90 valence electrons. The van der Waals surface area contributed by atoms with Crippen LogP contribution in [-0.2, 0) is 16.6 Å². The van der Waals surface area contributed by atoms with E-state index in [1.54, 1.807) is 19.2 Å². The van der Waals surface area contributed by atoms with E-state index in [0.717, 1.165) is 16.7 Å². The van der Waals surface area contributed by atoms with Gasteiger partial charge in [0, 0.05) is 23.1 Å². The van der Waals surface area contributed by atoms with E-state index in [-0.39, 0.29) is 16.5 Å². The molecule has 0 spiro atoms. The Morgan fingerprint density at radius 3 is 2.71 bits per heavy atom. The minimum atomic E-state index is -0.300. The van der Waals surface area contributed by atoms with Gasteiger partial charge in [-0.2, -0.15) is 0 Å². The number of ether oxygens (including phenoxy) is 1. The fourth-order valence-corrected chi connectivity index (χ4v) is 2.63. The lowest BCUT2D eigenvalue weighted by atomic mass is 10.1. The van der Waals surface area contributed by atoms with Gasteiger partial charge in [-0.05, 0) is 23.0 Å². The summed E-state index contributed by atoms with van der Waals surface area (Å²) in [5.74, 6) is 1.60. The zero-order chi connectivity index (χ0) is 12.4. The largest absolute Gasteiger partial charge is 0.497 e. The molecule has 0 unspecified atom stereocenters. The fourth-order valence-electron chi connectivity index (χ4n) is 1.77. The second kappa shape index (κ2) is 4.84. The molecular formula is C13H15O3S+. The predicted octanol–water partition coefficient (Wildman–Crippen LogP) is 2.18. The first kappa shape index (κ1) is 12.0. The van der Waals surface area contributed by atoms with Gasteiger partial charge < -0.3 is 9.15 Å². The lowest BCUT2D eigenvalue weighted by Gasteiger charge is -2.05. The molecule has 0 amide bonds. The second-order valence-electron chi connectivity index (χ2n) is 4.08. The second-order valence-corrected chi connectivity index (χ2v) is 6.34. The molecular weight excluding hydrogens is 236 g/mol. The van der Waals surface area contributed by atoms with Gasteiger partial charge in [-0.25, -0.2) is 4.79 Å². The van der Waals surface area contributed by atoms with E-state index in [0.29, 0.717) is 11.3 Å². The van der Waals surface area contributed by atoms with E-state index in [1.807, 2.05) is 12.1 Å². The number of benzene rings is 1. The monoisotopic (exact) mass is 251 g/mol. The third kappa shape index (κ3) is 2.64. The highest BCUT2D eigenvalue weighted by atomic mass is 32.2. The minimum absolute atomic E-state index is 0.250. The van der Waals surface area contributed by atoms with E-state index in [2.05, 4.69) is 12.5 Å². The lowest BCUT2D eigenvalue weighted by molar-refractivity contribution is 0.414. The van der Waals surface area contributed by atoms with Crippen molar-refractivity contribution in [2.45, 2.75) is 5.75 Å². The molecule has 0 radical (unpaired) electrons. The standard InChI is InChI=1S/C13H15O3S/c1-15-10-4-5-11-9(8-17(2)3)6-13(14)16-12(11)7-10/h4-7H,8H2,1-3H3/q+1. The maximum absolute atomic E-state index is 11.5. The Morgan fingerprint density at radius 2 is 2.06 bits per heavy atom. The van der Waals surface area contributed by atoms with Crippen molar-refractivity contribution in [2.75, 3.05) is 19.6 Å². The average Bonchev–Trinajstić information content (AvgIpc) is 2.27. The van der Waals surface area contributed by atoms with Crippen LogP contribution in [0.5, 0.6) is 5.75 Å². The van der Waals surface area contributed by atoms with Crippen molar-refractivity contribution >= 4 is 21.9 Å². The van der Waals surface area contributed by atoms with Crippen LogP contribution in [0.15, 0.2) is 33.5 Å². The molecule has 1 aromatic heterocycles. The minimum Gasteiger partial charge on any atom is -0.497 e. The Kier molecular flexibility index (Phi) is 3.43. The molecule has 2 aromatic rings. The maximum Gasteiger partial charge on any atom is 0.336 e. The molecule has 3 nitrogen and oxygen atoms in total. The number of fused-ring (bicyclic) bond motifs is 1. The fraction of sp³-hybridized carbons (Fsp3) is 0.308. The summed E-state index contributed by atoms with van der Waals surface area (Å²) >= 11 is 0. The molecule has 1 heterocycles. The highest BCUT2D eigenvalue weighted by molar-refractivity contribution is 7.94. The topological polar surface area (TPSA) is 39.4 Å². The van der Waals surface area contributed by atoms with Crippen LogP contribution in [0.3, 0.4) is 0 Å². The Bertz CT molecular complexity index is 587. The van der Waals surface area contributed by atoms with E-state index in [9.17, 15) is 4.79 Å². The quantitative estimate of drug-likeness (QED) is 0.620. The van der Waals surface area contributed by atoms with Crippen molar-refractivity contribution in [1.29, 1.82) is 0 Å². The summed E-state index contributed by atoms with van der Waals surface area (Å²) in [6, 6.07) is 7.17. The van der Waals surface area contributed by atoms with Gasteiger partial charge in [-0.15, -0.1) is 0 Å². The molecule has 0 N–H and O–H groups in total. The van der Waals surface area contributed by atoms with Gasteiger partial charge in [0.1, 0.15) is 17.1 Å². The Labute approximate surface area is 103 Å². The van der Waals surface area contributed by atoms with Crippen LogP contribution in [0.1, 0.15) is 5.56 Å². The molecule has 2 rings (SSSR count). The van der Waals surface area contributed by atoms with Crippen molar-refractivity contribution in [3.05, 3.63) is 40.2 Å². The van der Waals surface area contributed by atoms with Gasteiger partial charge in [0.15, 0.2) is 0 Å². The summed E-state index contributed by atoms with van der Waals surface area (Å²) in [7, 11) is 1.85. The summed E-state index contributed by atoms with van der Waals surface area (Å²) in [5, 5.41) is 0.992. The van der Waals surface area contributed by atoms with Crippen LogP contribution in [0.4, 0.5) is 0 Å². The number of rotatable bonds is 3. The molecule has 0 aliphatic rings. The Morgan fingerprint density at radius 1 is 1.29 bits per heavy atom. The highest BCUT2D eigenvalue weighted by Crippen LogP contribution is 2.23. The van der Waals surface area contributed by atoms with Gasteiger partial charge in [-0.1, -0.05) is 0 Å². The maximum atomic E-state index is 11.5. The summed E-state index contributed by atoms with van der Waals surface area (Å²) in [6.45, 7) is 0. The summed E-state index contributed by atoms with van der Waals surface area (Å²) in [4.78, 5) is 11.5. The molecule has 4 heteroatoms. The summed E-state index contributed by atoms with van der Waals surface area (Å²) in [6.07, 6.45) is 4.31. The average molecular weight is 251 g/mol. The van der Waals surface area contributed by atoms with Crippen molar-refractivity contribution in [1.82, 2.24) is 0 Å². The van der Waals surface area contributed by atoms with Crippen molar-refractivity contribution in [3.8, 4) is 5.75 Å². The van der Waals surface area contributed by atoms with Crippen LogP contribution < -0.4 is 10.4 Å².